The van der Waals surface area contributed by atoms with Crippen molar-refractivity contribution in [2.24, 2.45) is 5.41 Å². The lowest BCUT2D eigenvalue weighted by atomic mass is 9.80. The van der Waals surface area contributed by atoms with E-state index in [0.717, 1.165) is 16.9 Å². The number of hydrogen-bond donors (Lipinski definition) is 2. The lowest BCUT2D eigenvalue weighted by Crippen LogP contribution is -2.26. The second-order valence-electron chi connectivity index (χ2n) is 5.80. The summed E-state index contributed by atoms with van der Waals surface area (Å²) in [4.78, 5) is 35.3. The Morgan fingerprint density at radius 2 is 1.96 bits per heavy atom. The molecule has 0 unspecified atom stereocenters. The zero-order valence-electron chi connectivity index (χ0n) is 13.9. The number of ether oxygens (including phenoxy) is 1. The number of carbonyl (C=O) groups is 3. The molecule has 0 aliphatic rings. The second kappa shape index (κ2) is 8.10. The molecule has 2 N–H and O–H groups in total. The molecule has 7 heteroatoms. The van der Waals surface area contributed by atoms with Crippen molar-refractivity contribution in [3.63, 3.8) is 0 Å². The SMILES string of the molecule is CCOC(=O)c1sc(NC(=O)C[C@@](C)(CC)CC(=O)O)cc1C. The largest absolute Gasteiger partial charge is 0.481 e. The molecular weight excluding hydrogens is 318 g/mol. The van der Waals surface area contributed by atoms with E-state index >= 15 is 0 Å². The normalized spacial score (nSPS) is 13.2. The maximum Gasteiger partial charge on any atom is 0.348 e. The van der Waals surface area contributed by atoms with Gasteiger partial charge in [-0.2, -0.15) is 0 Å². The van der Waals surface area contributed by atoms with Crippen molar-refractivity contribution >= 4 is 34.2 Å². The number of aliphatic carboxylic acids is 1. The van der Waals surface area contributed by atoms with E-state index in [4.69, 9.17) is 9.84 Å². The molecule has 0 saturated heterocycles. The van der Waals surface area contributed by atoms with Crippen LogP contribution in [0.15, 0.2) is 6.07 Å². The summed E-state index contributed by atoms with van der Waals surface area (Å²) in [6.07, 6.45) is 0.639. The molecule has 0 radical (unpaired) electrons. The van der Waals surface area contributed by atoms with Gasteiger partial charge >= 0.3 is 11.9 Å². The van der Waals surface area contributed by atoms with Crippen molar-refractivity contribution in [3.8, 4) is 0 Å². The number of anilines is 1. The van der Waals surface area contributed by atoms with Crippen molar-refractivity contribution in [2.45, 2.75) is 47.0 Å². The first-order valence-corrected chi connectivity index (χ1v) is 8.31. The highest BCUT2D eigenvalue weighted by Crippen LogP contribution is 2.32. The number of hydrogen-bond acceptors (Lipinski definition) is 5. The Balaban J connectivity index is 2.76. The van der Waals surface area contributed by atoms with Crippen molar-refractivity contribution in [1.29, 1.82) is 0 Å². The van der Waals surface area contributed by atoms with Crippen LogP contribution in [0, 0.1) is 12.3 Å². The number of carbonyl (C=O) groups excluding carboxylic acids is 2. The van der Waals surface area contributed by atoms with Gasteiger partial charge in [0.25, 0.3) is 0 Å². The van der Waals surface area contributed by atoms with Gasteiger partial charge in [0.2, 0.25) is 5.91 Å². The highest BCUT2D eigenvalue weighted by molar-refractivity contribution is 7.18. The van der Waals surface area contributed by atoms with Gasteiger partial charge in [-0.3, -0.25) is 9.59 Å². The predicted molar refractivity (Wildman–Crippen MR) is 88.9 cm³/mol. The summed E-state index contributed by atoms with van der Waals surface area (Å²) in [5.41, 5.74) is 0.152. The fraction of sp³-hybridized carbons (Fsp3) is 0.562. The molecular formula is C16H23NO5S. The molecule has 0 aliphatic carbocycles. The predicted octanol–water partition coefficient (Wildman–Crippen LogP) is 3.45. The Morgan fingerprint density at radius 1 is 1.30 bits per heavy atom. The number of nitrogens with one attached hydrogen (secondary N) is 1. The van der Waals surface area contributed by atoms with E-state index < -0.39 is 17.4 Å². The molecule has 0 aliphatic heterocycles. The van der Waals surface area contributed by atoms with Crippen molar-refractivity contribution in [1.82, 2.24) is 0 Å². The van der Waals surface area contributed by atoms with E-state index in [-0.39, 0.29) is 18.7 Å². The second-order valence-corrected chi connectivity index (χ2v) is 6.86. The number of amides is 1. The number of aryl methyl sites for hydroxylation is 1. The minimum atomic E-state index is -0.918. The number of carboxylic acid groups (broad SMARTS) is 1. The summed E-state index contributed by atoms with van der Waals surface area (Å²) < 4.78 is 4.96. The number of esters is 1. The van der Waals surface area contributed by atoms with Crippen LogP contribution in [0.1, 0.15) is 55.3 Å². The Hall–Kier alpha value is -1.89. The first-order chi connectivity index (χ1) is 10.7. The summed E-state index contributed by atoms with van der Waals surface area (Å²) in [6, 6.07) is 1.72. The van der Waals surface area contributed by atoms with E-state index in [1.165, 1.54) is 0 Å². The minimum absolute atomic E-state index is 0.0610. The molecule has 0 saturated carbocycles. The summed E-state index contributed by atoms with van der Waals surface area (Å²) in [6.45, 7) is 7.45. The molecule has 1 heterocycles. The lowest BCUT2D eigenvalue weighted by molar-refractivity contribution is -0.140. The van der Waals surface area contributed by atoms with E-state index in [9.17, 15) is 14.4 Å². The van der Waals surface area contributed by atoms with Gasteiger partial charge in [-0.15, -0.1) is 11.3 Å². The van der Waals surface area contributed by atoms with Gasteiger partial charge in [0.1, 0.15) is 4.88 Å². The zero-order chi connectivity index (χ0) is 17.6. The van der Waals surface area contributed by atoms with E-state index in [2.05, 4.69) is 5.32 Å². The van der Waals surface area contributed by atoms with Crippen molar-refractivity contribution < 1.29 is 24.2 Å². The summed E-state index contributed by atoms with van der Waals surface area (Å²) in [5.74, 6) is -1.58. The van der Waals surface area contributed by atoms with Crippen LogP contribution < -0.4 is 5.32 Å². The van der Waals surface area contributed by atoms with Crippen LogP contribution in [-0.4, -0.2) is 29.6 Å². The summed E-state index contributed by atoms with van der Waals surface area (Å²) in [7, 11) is 0. The first kappa shape index (κ1) is 19.2. The molecule has 1 amide bonds. The fourth-order valence-electron chi connectivity index (χ4n) is 2.19. The van der Waals surface area contributed by atoms with Crippen LogP contribution in [0.4, 0.5) is 5.00 Å². The van der Waals surface area contributed by atoms with Crippen LogP contribution >= 0.6 is 11.3 Å². The first-order valence-electron chi connectivity index (χ1n) is 7.50. The molecule has 128 valence electrons. The maximum atomic E-state index is 12.2. The number of carboxylic acids is 1. The average molecular weight is 341 g/mol. The van der Waals surface area contributed by atoms with Crippen LogP contribution in [0.2, 0.25) is 0 Å². The molecule has 0 bridgehead atoms. The van der Waals surface area contributed by atoms with Crippen molar-refractivity contribution in [2.75, 3.05) is 11.9 Å². The van der Waals surface area contributed by atoms with Crippen LogP contribution in [0.3, 0.4) is 0 Å². The van der Waals surface area contributed by atoms with Gasteiger partial charge in [0.15, 0.2) is 0 Å². The third kappa shape index (κ3) is 5.67. The molecule has 23 heavy (non-hydrogen) atoms. The highest BCUT2D eigenvalue weighted by Gasteiger charge is 2.29. The molecule has 6 nitrogen and oxygen atoms in total. The molecule has 0 fully saturated rings. The topological polar surface area (TPSA) is 92.7 Å². The van der Waals surface area contributed by atoms with Crippen LogP contribution in [-0.2, 0) is 14.3 Å². The third-order valence-corrected chi connectivity index (χ3v) is 4.79. The highest BCUT2D eigenvalue weighted by atomic mass is 32.1. The maximum absolute atomic E-state index is 12.2. The smallest absolute Gasteiger partial charge is 0.348 e. The zero-order valence-corrected chi connectivity index (χ0v) is 14.7. The van der Waals surface area contributed by atoms with Gasteiger partial charge in [-0.25, -0.2) is 4.79 Å². The number of rotatable bonds is 8. The van der Waals surface area contributed by atoms with E-state index in [1.54, 1.807) is 26.8 Å². The quantitative estimate of drug-likeness (QED) is 0.706. The number of thiophene rings is 1. The Kier molecular flexibility index (Phi) is 6.75. The van der Waals surface area contributed by atoms with Gasteiger partial charge in [-0.1, -0.05) is 13.8 Å². The Labute approximate surface area is 139 Å². The lowest BCUT2D eigenvalue weighted by Gasteiger charge is -2.25. The Bertz CT molecular complexity index is 595. The van der Waals surface area contributed by atoms with Crippen LogP contribution in [0.25, 0.3) is 0 Å². The Morgan fingerprint density at radius 3 is 2.48 bits per heavy atom. The monoisotopic (exact) mass is 341 g/mol. The van der Waals surface area contributed by atoms with Gasteiger partial charge in [0, 0.05) is 6.42 Å². The molecule has 1 aromatic heterocycles. The standard InChI is InChI=1S/C16H23NO5S/c1-5-16(4,9-13(19)20)8-11(18)17-12-7-10(3)14(23-12)15(21)22-6-2/h7H,5-6,8-9H2,1-4H3,(H,17,18)(H,19,20)/t16-/m1/s1. The third-order valence-electron chi connectivity index (χ3n) is 3.66. The van der Waals surface area contributed by atoms with E-state index in [1.807, 2.05) is 6.92 Å². The average Bonchev–Trinajstić information content (AvgIpc) is 2.78. The van der Waals surface area contributed by atoms with Gasteiger partial charge < -0.3 is 15.2 Å². The van der Waals surface area contributed by atoms with E-state index in [0.29, 0.717) is 22.9 Å². The fourth-order valence-corrected chi connectivity index (χ4v) is 3.17. The van der Waals surface area contributed by atoms with Crippen LogP contribution in [0.5, 0.6) is 0 Å². The minimum Gasteiger partial charge on any atom is -0.481 e. The van der Waals surface area contributed by atoms with Gasteiger partial charge in [-0.05, 0) is 37.3 Å². The van der Waals surface area contributed by atoms with Gasteiger partial charge in [0.05, 0.1) is 18.0 Å². The molecule has 1 aromatic rings. The molecule has 0 aromatic carbocycles. The molecule has 0 spiro atoms. The molecule has 1 rings (SSSR count). The summed E-state index contributed by atoms with van der Waals surface area (Å²) >= 11 is 1.16. The van der Waals surface area contributed by atoms with Crippen molar-refractivity contribution in [3.05, 3.63) is 16.5 Å². The molecule has 1 atom stereocenters. The summed E-state index contributed by atoms with van der Waals surface area (Å²) in [5, 5.41) is 12.3.